The lowest BCUT2D eigenvalue weighted by atomic mass is 10.2. The highest BCUT2D eigenvalue weighted by Gasteiger charge is 2.18. The van der Waals surface area contributed by atoms with Crippen molar-refractivity contribution in [2.75, 3.05) is 25.7 Å². The van der Waals surface area contributed by atoms with Crippen molar-refractivity contribution in [2.24, 2.45) is 0 Å². The number of hydrogen-bond donors (Lipinski definition) is 0. The molecule has 7 nitrogen and oxygen atoms in total. The van der Waals surface area contributed by atoms with E-state index in [1.54, 1.807) is 0 Å². The van der Waals surface area contributed by atoms with Crippen LogP contribution in [0.5, 0.6) is 0 Å². The van der Waals surface area contributed by atoms with Crippen LogP contribution in [0.15, 0.2) is 30.3 Å². The van der Waals surface area contributed by atoms with Gasteiger partial charge in [0.05, 0.1) is 32.3 Å². The first kappa shape index (κ1) is 18.1. The van der Waals surface area contributed by atoms with E-state index in [-0.39, 0.29) is 13.2 Å². The largest absolute Gasteiger partial charge is 0.374 e. The van der Waals surface area contributed by atoms with E-state index in [2.05, 4.69) is 4.18 Å². The fraction of sp³-hybridized carbons (Fsp3) is 0.500. The summed E-state index contributed by atoms with van der Waals surface area (Å²) in [5.41, 5.74) is 0.902. The molecule has 9 heteroatoms. The summed E-state index contributed by atoms with van der Waals surface area (Å²) in [7, 11) is -7.42. The molecule has 0 bridgehead atoms. The van der Waals surface area contributed by atoms with Crippen LogP contribution in [0.2, 0.25) is 0 Å². The standard InChI is InChI=1S/C12H18O7S2/c1-20(13,14)18-10-12(19-21(2,15)16)9-17-8-11-6-4-3-5-7-11/h3-7,12H,8-10H2,1-2H3. The third-order valence-corrected chi connectivity index (χ3v) is 3.38. The molecule has 0 aliphatic carbocycles. The zero-order valence-corrected chi connectivity index (χ0v) is 13.4. The first-order valence-corrected chi connectivity index (χ1v) is 9.63. The van der Waals surface area contributed by atoms with Crippen molar-refractivity contribution in [3.63, 3.8) is 0 Å². The topological polar surface area (TPSA) is 96.0 Å². The van der Waals surface area contributed by atoms with Crippen LogP contribution in [0.3, 0.4) is 0 Å². The van der Waals surface area contributed by atoms with Gasteiger partial charge in [0.1, 0.15) is 6.10 Å². The fourth-order valence-corrected chi connectivity index (χ4v) is 2.44. The van der Waals surface area contributed by atoms with Gasteiger partial charge in [-0.1, -0.05) is 30.3 Å². The Kier molecular flexibility index (Phi) is 6.75. The van der Waals surface area contributed by atoms with E-state index in [4.69, 9.17) is 8.92 Å². The quantitative estimate of drug-likeness (QED) is 0.606. The predicted molar refractivity (Wildman–Crippen MR) is 76.6 cm³/mol. The first-order chi connectivity index (χ1) is 9.66. The molecule has 1 rings (SSSR count). The maximum absolute atomic E-state index is 11.1. The number of benzene rings is 1. The monoisotopic (exact) mass is 338 g/mol. The summed E-state index contributed by atoms with van der Waals surface area (Å²) in [4.78, 5) is 0. The van der Waals surface area contributed by atoms with E-state index < -0.39 is 32.9 Å². The van der Waals surface area contributed by atoms with Gasteiger partial charge in [-0.3, -0.25) is 8.37 Å². The van der Waals surface area contributed by atoms with E-state index in [1.807, 2.05) is 30.3 Å². The van der Waals surface area contributed by atoms with E-state index in [0.717, 1.165) is 18.1 Å². The Labute approximate surface area is 125 Å². The maximum Gasteiger partial charge on any atom is 0.264 e. The Hall–Kier alpha value is -1.00. The first-order valence-electron chi connectivity index (χ1n) is 6.00. The van der Waals surface area contributed by atoms with E-state index >= 15 is 0 Å². The molecule has 0 saturated heterocycles. The summed E-state index contributed by atoms with van der Waals surface area (Å²) in [6.07, 6.45) is 0.714. The lowest BCUT2D eigenvalue weighted by Crippen LogP contribution is -2.29. The molecule has 0 radical (unpaired) electrons. The smallest absolute Gasteiger partial charge is 0.264 e. The Morgan fingerprint density at radius 3 is 2.10 bits per heavy atom. The minimum Gasteiger partial charge on any atom is -0.374 e. The van der Waals surface area contributed by atoms with Gasteiger partial charge in [0.25, 0.3) is 20.2 Å². The van der Waals surface area contributed by atoms with Crippen LogP contribution in [0.1, 0.15) is 5.56 Å². The molecule has 1 atom stereocenters. The minimum atomic E-state index is -3.74. The van der Waals surface area contributed by atoms with Gasteiger partial charge in [-0.15, -0.1) is 0 Å². The normalized spacial score (nSPS) is 14.0. The van der Waals surface area contributed by atoms with Gasteiger partial charge in [-0.25, -0.2) is 0 Å². The summed E-state index contributed by atoms with van der Waals surface area (Å²) in [6, 6.07) is 9.24. The van der Waals surface area contributed by atoms with Crippen LogP contribution in [-0.4, -0.2) is 48.7 Å². The summed E-state index contributed by atoms with van der Waals surface area (Å²) in [6.45, 7) is -0.290. The lowest BCUT2D eigenvalue weighted by molar-refractivity contribution is 0.0235. The fourth-order valence-electron chi connectivity index (χ4n) is 1.43. The van der Waals surface area contributed by atoms with Gasteiger partial charge < -0.3 is 4.74 Å². The molecular formula is C12H18O7S2. The third kappa shape index (κ3) is 9.53. The van der Waals surface area contributed by atoms with Gasteiger partial charge in [-0.2, -0.15) is 16.8 Å². The molecule has 0 heterocycles. The summed E-state index contributed by atoms with van der Waals surface area (Å²) in [5.74, 6) is 0. The van der Waals surface area contributed by atoms with Gasteiger partial charge in [0, 0.05) is 0 Å². The van der Waals surface area contributed by atoms with Gasteiger partial charge >= 0.3 is 0 Å². The Morgan fingerprint density at radius 2 is 1.57 bits per heavy atom. The van der Waals surface area contributed by atoms with Gasteiger partial charge in [-0.05, 0) is 5.56 Å². The Morgan fingerprint density at radius 1 is 0.952 bits per heavy atom. The van der Waals surface area contributed by atoms with Crippen LogP contribution in [0, 0.1) is 0 Å². The van der Waals surface area contributed by atoms with Crippen molar-refractivity contribution < 1.29 is 29.9 Å². The molecule has 0 aliphatic rings. The molecule has 0 fully saturated rings. The van der Waals surface area contributed by atoms with Crippen LogP contribution < -0.4 is 0 Å². The zero-order chi connectivity index (χ0) is 15.9. The molecular weight excluding hydrogens is 320 g/mol. The van der Waals surface area contributed by atoms with E-state index in [1.165, 1.54) is 0 Å². The van der Waals surface area contributed by atoms with Crippen molar-refractivity contribution in [1.29, 1.82) is 0 Å². The second kappa shape index (κ2) is 7.85. The Bertz CT molecular complexity index is 623. The van der Waals surface area contributed by atoms with Crippen LogP contribution in [0.25, 0.3) is 0 Å². The van der Waals surface area contributed by atoms with Crippen molar-refractivity contribution in [2.45, 2.75) is 12.7 Å². The summed E-state index contributed by atoms with van der Waals surface area (Å²) in [5, 5.41) is 0. The second-order valence-corrected chi connectivity index (χ2v) is 7.66. The highest BCUT2D eigenvalue weighted by Crippen LogP contribution is 2.05. The molecule has 21 heavy (non-hydrogen) atoms. The van der Waals surface area contributed by atoms with Gasteiger partial charge in [0.2, 0.25) is 0 Å². The molecule has 0 amide bonds. The SMILES string of the molecule is CS(=O)(=O)OCC(COCc1ccccc1)OS(C)(=O)=O. The third-order valence-electron chi connectivity index (χ3n) is 2.19. The zero-order valence-electron chi connectivity index (χ0n) is 11.8. The average molecular weight is 338 g/mol. The molecule has 1 aromatic carbocycles. The van der Waals surface area contributed by atoms with Crippen molar-refractivity contribution in [1.82, 2.24) is 0 Å². The Balaban J connectivity index is 2.52. The number of rotatable bonds is 9. The summed E-state index contributed by atoms with van der Waals surface area (Å²) < 4.78 is 58.7. The minimum absolute atomic E-state index is 0.114. The molecule has 1 unspecified atom stereocenters. The van der Waals surface area contributed by atoms with E-state index in [0.29, 0.717) is 0 Å². The van der Waals surface area contributed by atoms with Crippen molar-refractivity contribution in [3.8, 4) is 0 Å². The summed E-state index contributed by atoms with van der Waals surface area (Å²) >= 11 is 0. The molecule has 0 N–H and O–H groups in total. The molecule has 0 spiro atoms. The highest BCUT2D eigenvalue weighted by atomic mass is 32.2. The molecule has 120 valence electrons. The average Bonchev–Trinajstić information content (AvgIpc) is 2.34. The molecule has 0 saturated carbocycles. The van der Waals surface area contributed by atoms with Crippen LogP contribution in [0.4, 0.5) is 0 Å². The van der Waals surface area contributed by atoms with E-state index in [9.17, 15) is 16.8 Å². The molecule has 1 aromatic rings. The second-order valence-electron chi connectivity index (χ2n) is 4.41. The number of hydrogen-bond acceptors (Lipinski definition) is 7. The number of ether oxygens (including phenoxy) is 1. The van der Waals surface area contributed by atoms with Crippen molar-refractivity contribution >= 4 is 20.2 Å². The lowest BCUT2D eigenvalue weighted by Gasteiger charge is -2.16. The van der Waals surface area contributed by atoms with Crippen molar-refractivity contribution in [3.05, 3.63) is 35.9 Å². The molecule has 0 aliphatic heterocycles. The molecule has 0 aromatic heterocycles. The van der Waals surface area contributed by atoms with Gasteiger partial charge in [0.15, 0.2) is 0 Å². The highest BCUT2D eigenvalue weighted by molar-refractivity contribution is 7.86. The maximum atomic E-state index is 11.1. The van der Waals surface area contributed by atoms with Crippen LogP contribution in [-0.2, 0) is 39.9 Å². The van der Waals surface area contributed by atoms with Crippen LogP contribution >= 0.6 is 0 Å². The predicted octanol–water partition coefficient (Wildman–Crippen LogP) is 0.524.